The molecule has 0 aromatic heterocycles. The minimum atomic E-state index is 0.171. The van der Waals surface area contributed by atoms with Gasteiger partial charge in [-0.1, -0.05) is 0 Å². The topological polar surface area (TPSA) is 18.5 Å². The largest absolute Gasteiger partial charge is 0.350 e. The molecule has 0 radical (unpaired) electrons. The molecule has 0 aromatic carbocycles. The van der Waals surface area contributed by atoms with E-state index < -0.39 is 0 Å². The highest BCUT2D eigenvalue weighted by atomic mass is 16.7. The van der Waals surface area contributed by atoms with Crippen LogP contribution in [0.3, 0.4) is 0 Å². The lowest BCUT2D eigenvalue weighted by Crippen LogP contribution is -2.08. The van der Waals surface area contributed by atoms with Crippen LogP contribution in [0.5, 0.6) is 0 Å². The number of ether oxygens (including phenoxy) is 2. The van der Waals surface area contributed by atoms with E-state index in [1.807, 2.05) is 0 Å². The number of fused-ring (bicyclic) bond motifs is 2. The first kappa shape index (κ1) is 3.87. The molecule has 2 unspecified atom stereocenters. The highest BCUT2D eigenvalue weighted by molar-refractivity contribution is 4.73. The molecule has 2 aliphatic heterocycles. The maximum Gasteiger partial charge on any atom is 0.158 e. The summed E-state index contributed by atoms with van der Waals surface area (Å²) in [5.41, 5.74) is 0. The van der Waals surface area contributed by atoms with Crippen LogP contribution < -0.4 is 0 Å². The Kier molecular flexibility index (Phi) is 0.664. The summed E-state index contributed by atoms with van der Waals surface area (Å²) in [5.74, 6) is 0. The summed E-state index contributed by atoms with van der Waals surface area (Å²) >= 11 is 0. The highest BCUT2D eigenvalue weighted by Gasteiger charge is 2.32. The lowest BCUT2D eigenvalue weighted by Gasteiger charge is -2.02. The van der Waals surface area contributed by atoms with E-state index in [2.05, 4.69) is 0 Å². The summed E-state index contributed by atoms with van der Waals surface area (Å²) in [4.78, 5) is 0. The van der Waals surface area contributed by atoms with Crippen LogP contribution in [-0.4, -0.2) is 19.0 Å². The monoisotopic (exact) mass is 100 g/mol. The van der Waals surface area contributed by atoms with Crippen molar-refractivity contribution in [3.63, 3.8) is 0 Å². The molecule has 2 atom stereocenters. The predicted octanol–water partition coefficient (Wildman–Crippen LogP) is 0.522. The van der Waals surface area contributed by atoms with Crippen molar-refractivity contribution < 1.29 is 9.47 Å². The van der Waals surface area contributed by atoms with Crippen molar-refractivity contribution in [1.29, 1.82) is 0 Å². The molecule has 2 nitrogen and oxygen atoms in total. The maximum atomic E-state index is 5.25. The number of hydrogen-bond donors (Lipinski definition) is 0. The summed E-state index contributed by atoms with van der Waals surface area (Å²) in [6.45, 7) is 0.838. The summed E-state index contributed by atoms with van der Waals surface area (Å²) in [5, 5.41) is 0. The van der Waals surface area contributed by atoms with Gasteiger partial charge in [0, 0.05) is 6.42 Å². The maximum absolute atomic E-state index is 5.25. The Hall–Kier alpha value is -0.0800. The predicted molar refractivity (Wildman–Crippen MR) is 23.8 cm³/mol. The van der Waals surface area contributed by atoms with Gasteiger partial charge in [-0.2, -0.15) is 0 Å². The normalized spacial score (nSPS) is 48.0. The molecular formula is C5H8O2. The van der Waals surface area contributed by atoms with Crippen LogP contribution in [0.25, 0.3) is 0 Å². The quantitative estimate of drug-likeness (QED) is 0.442. The van der Waals surface area contributed by atoms with Crippen molar-refractivity contribution in [3.8, 4) is 0 Å². The molecule has 0 aromatic rings. The van der Waals surface area contributed by atoms with Gasteiger partial charge in [-0.25, -0.2) is 0 Å². The summed E-state index contributed by atoms with van der Waals surface area (Å²) in [6.07, 6.45) is 2.95. The Morgan fingerprint density at radius 3 is 2.43 bits per heavy atom. The first-order valence-corrected chi connectivity index (χ1v) is 2.72. The molecule has 2 aliphatic rings. The van der Waals surface area contributed by atoms with Gasteiger partial charge >= 0.3 is 0 Å². The van der Waals surface area contributed by atoms with Crippen molar-refractivity contribution in [2.24, 2.45) is 0 Å². The molecule has 0 N–H and O–H groups in total. The van der Waals surface area contributed by atoms with Crippen molar-refractivity contribution in [3.05, 3.63) is 0 Å². The molecule has 2 rings (SSSR count). The van der Waals surface area contributed by atoms with Crippen LogP contribution in [0.15, 0.2) is 0 Å². The molecule has 2 heteroatoms. The van der Waals surface area contributed by atoms with Crippen molar-refractivity contribution >= 4 is 0 Å². The lowest BCUT2D eigenvalue weighted by atomic mass is 10.2. The molecule has 2 bridgehead atoms. The molecule has 2 saturated heterocycles. The number of rotatable bonds is 0. The highest BCUT2D eigenvalue weighted by Crippen LogP contribution is 2.27. The fourth-order valence-corrected chi connectivity index (χ4v) is 1.13. The first-order valence-electron chi connectivity index (χ1n) is 2.72. The van der Waals surface area contributed by atoms with Crippen molar-refractivity contribution in [1.82, 2.24) is 0 Å². The van der Waals surface area contributed by atoms with Crippen LogP contribution in [0.4, 0.5) is 0 Å². The van der Waals surface area contributed by atoms with E-state index in [1.165, 1.54) is 6.42 Å². The van der Waals surface area contributed by atoms with Crippen LogP contribution in [0.1, 0.15) is 12.8 Å². The van der Waals surface area contributed by atoms with Gasteiger partial charge in [-0.15, -0.1) is 0 Å². The Labute approximate surface area is 42.4 Å². The molecule has 2 fully saturated rings. The third-order valence-corrected chi connectivity index (χ3v) is 1.54. The van der Waals surface area contributed by atoms with Gasteiger partial charge in [0.25, 0.3) is 0 Å². The molecular weight excluding hydrogens is 92.1 g/mol. The van der Waals surface area contributed by atoms with Gasteiger partial charge in [0.15, 0.2) is 6.29 Å². The Balaban J connectivity index is 2.12. The lowest BCUT2D eigenvalue weighted by molar-refractivity contribution is -0.0270. The Bertz CT molecular complexity index is 64.1. The Morgan fingerprint density at radius 2 is 2.29 bits per heavy atom. The van der Waals surface area contributed by atoms with Crippen molar-refractivity contribution in [2.75, 3.05) is 6.61 Å². The average Bonchev–Trinajstić information content (AvgIpc) is 2.22. The number of hydrogen-bond acceptors (Lipinski definition) is 2. The van der Waals surface area contributed by atoms with Gasteiger partial charge in [0.1, 0.15) is 0 Å². The third kappa shape index (κ3) is 0.469. The molecule has 7 heavy (non-hydrogen) atoms. The van der Waals surface area contributed by atoms with Crippen molar-refractivity contribution in [2.45, 2.75) is 25.2 Å². The molecule has 0 saturated carbocycles. The molecule has 0 spiro atoms. The van der Waals surface area contributed by atoms with Gasteiger partial charge in [0.2, 0.25) is 0 Å². The van der Waals surface area contributed by atoms with Gasteiger partial charge in [0.05, 0.1) is 12.7 Å². The van der Waals surface area contributed by atoms with Gasteiger partial charge in [-0.05, 0) is 6.42 Å². The second kappa shape index (κ2) is 1.20. The minimum absolute atomic E-state index is 0.171. The van der Waals surface area contributed by atoms with Gasteiger partial charge in [-0.3, -0.25) is 0 Å². The molecule has 2 heterocycles. The fraction of sp³-hybridized carbons (Fsp3) is 1.00. The summed E-state index contributed by atoms with van der Waals surface area (Å²) in [7, 11) is 0. The summed E-state index contributed by atoms with van der Waals surface area (Å²) < 4.78 is 10.4. The zero-order valence-electron chi connectivity index (χ0n) is 4.09. The average molecular weight is 100 g/mol. The van der Waals surface area contributed by atoms with Crippen LogP contribution in [0.2, 0.25) is 0 Å². The van der Waals surface area contributed by atoms with E-state index in [9.17, 15) is 0 Å². The SMILES string of the molecule is C1CC2OCC1O2. The second-order valence-electron chi connectivity index (χ2n) is 2.10. The minimum Gasteiger partial charge on any atom is -0.350 e. The van der Waals surface area contributed by atoms with E-state index in [1.54, 1.807) is 0 Å². The third-order valence-electron chi connectivity index (χ3n) is 1.54. The summed E-state index contributed by atoms with van der Waals surface area (Å²) in [6, 6.07) is 0. The van der Waals surface area contributed by atoms with E-state index in [-0.39, 0.29) is 6.29 Å². The standard InChI is InChI=1S/C5H8O2/c1-2-5-6-3-4(1)7-5/h4-5H,1-3H2. The fourth-order valence-electron chi connectivity index (χ4n) is 1.13. The Morgan fingerprint density at radius 1 is 1.29 bits per heavy atom. The first-order chi connectivity index (χ1) is 3.45. The van der Waals surface area contributed by atoms with Gasteiger partial charge < -0.3 is 9.47 Å². The molecule has 40 valence electrons. The zero-order valence-corrected chi connectivity index (χ0v) is 4.09. The zero-order chi connectivity index (χ0) is 4.69. The van der Waals surface area contributed by atoms with E-state index in [0.717, 1.165) is 13.0 Å². The smallest absolute Gasteiger partial charge is 0.158 e. The molecule has 0 aliphatic carbocycles. The van der Waals surface area contributed by atoms with Crippen LogP contribution >= 0.6 is 0 Å². The second-order valence-corrected chi connectivity index (χ2v) is 2.10. The van der Waals surface area contributed by atoms with Crippen LogP contribution in [0, 0.1) is 0 Å². The van der Waals surface area contributed by atoms with E-state index >= 15 is 0 Å². The van der Waals surface area contributed by atoms with Crippen LogP contribution in [-0.2, 0) is 9.47 Å². The molecule has 0 amide bonds. The van der Waals surface area contributed by atoms with E-state index in [4.69, 9.17) is 9.47 Å². The van der Waals surface area contributed by atoms with E-state index in [0.29, 0.717) is 6.10 Å².